The molecule has 0 amide bonds. The molecule has 2 fully saturated rings. The highest BCUT2D eigenvalue weighted by Gasteiger charge is 2.50. The predicted molar refractivity (Wildman–Crippen MR) is 178 cm³/mol. The average molecular weight is 604 g/mol. The Kier molecular flexibility index (Phi) is 11.9. The zero-order valence-corrected chi connectivity index (χ0v) is 30.1. The van der Waals surface area contributed by atoms with E-state index in [1.165, 1.54) is 0 Å². The largest absolute Gasteiger partial charge is 0.338 e. The molecule has 0 saturated carbocycles. The van der Waals surface area contributed by atoms with Gasteiger partial charge in [0.05, 0.1) is 13.7 Å². The van der Waals surface area contributed by atoms with Gasteiger partial charge in [-0.1, -0.05) is 33.6 Å². The molecule has 3 rings (SSSR count). The fourth-order valence-corrected chi connectivity index (χ4v) is 8.15. The monoisotopic (exact) mass is 604 g/mol. The van der Waals surface area contributed by atoms with Gasteiger partial charge in [0.15, 0.2) is 0 Å². The summed E-state index contributed by atoms with van der Waals surface area (Å²) in [6.07, 6.45) is 9.40. The minimum absolute atomic E-state index is 0.114. The molecule has 0 radical (unpaired) electrons. The number of nitrogens with zero attached hydrogens (tertiary/aromatic N) is 7. The van der Waals surface area contributed by atoms with Gasteiger partial charge < -0.3 is 14.6 Å². The molecular weight excluding hydrogens is 538 g/mol. The number of hydrogen-bond acceptors (Lipinski definition) is 9. The number of hydrogen-bond donors (Lipinski definition) is 0. The van der Waals surface area contributed by atoms with Crippen molar-refractivity contribution < 1.29 is 9.68 Å². The molecule has 0 N–H and O–H groups in total. The van der Waals surface area contributed by atoms with Crippen molar-refractivity contribution in [2.45, 2.75) is 175 Å². The molecule has 0 aromatic carbocycles. The summed E-state index contributed by atoms with van der Waals surface area (Å²) in [5.74, 6) is 2.44. The molecule has 1 aromatic heterocycles. The lowest BCUT2D eigenvalue weighted by atomic mass is 9.78. The van der Waals surface area contributed by atoms with Gasteiger partial charge >= 0.3 is 0 Å². The smallest absolute Gasteiger partial charge is 0.230 e. The van der Waals surface area contributed by atoms with Crippen LogP contribution in [0, 0.1) is 6.92 Å². The maximum Gasteiger partial charge on any atom is 0.230 e. The lowest BCUT2D eigenvalue weighted by molar-refractivity contribution is -0.282. The van der Waals surface area contributed by atoms with E-state index in [1.54, 1.807) is 7.11 Å². The number of aromatic nitrogens is 3. The molecule has 0 unspecified atom stereocenters. The Hall–Kier alpha value is -1.55. The maximum absolute atomic E-state index is 6.36. The molecule has 43 heavy (non-hydrogen) atoms. The lowest BCUT2D eigenvalue weighted by Gasteiger charge is -2.55. The highest BCUT2D eigenvalue weighted by molar-refractivity contribution is 5.42. The molecule has 3 heterocycles. The third-order valence-electron chi connectivity index (χ3n) is 9.37. The molecule has 248 valence electrons. The van der Waals surface area contributed by atoms with Gasteiger partial charge in [0.1, 0.15) is 5.82 Å². The Morgan fingerprint density at radius 1 is 0.651 bits per heavy atom. The highest BCUT2D eigenvalue weighted by Crippen LogP contribution is 2.43. The number of anilines is 2. The van der Waals surface area contributed by atoms with Crippen LogP contribution in [0.4, 0.5) is 11.9 Å². The second-order valence-electron chi connectivity index (χ2n) is 15.6. The standard InChI is InChI=1S/C34H65N7O2/c1-14-17-19-38(27-22-31(5,6)40(42-13)32(7,8)23-27)29-35-26(4)36-30(37-29)39(20-18-15-2)28-24-33(9,10)41(43-21-16-3)34(11,12)25-28/h27-28H,14-25H2,1-13H3. The lowest BCUT2D eigenvalue weighted by Crippen LogP contribution is -2.64. The van der Waals surface area contributed by atoms with Crippen LogP contribution in [0.5, 0.6) is 0 Å². The molecule has 0 spiro atoms. The highest BCUT2D eigenvalue weighted by atomic mass is 16.7. The second-order valence-corrected chi connectivity index (χ2v) is 15.6. The molecule has 0 atom stereocenters. The summed E-state index contributed by atoms with van der Waals surface area (Å²) in [5, 5.41) is 4.45. The van der Waals surface area contributed by atoms with E-state index in [0.29, 0.717) is 12.1 Å². The summed E-state index contributed by atoms with van der Waals surface area (Å²) in [7, 11) is 1.80. The molecule has 2 saturated heterocycles. The number of rotatable bonds is 14. The third kappa shape index (κ3) is 8.39. The van der Waals surface area contributed by atoms with Gasteiger partial charge in [0.2, 0.25) is 11.9 Å². The fraction of sp³-hybridized carbons (Fsp3) is 0.912. The Bertz CT molecular complexity index is 992. The van der Waals surface area contributed by atoms with Crippen LogP contribution in [0.25, 0.3) is 0 Å². The van der Waals surface area contributed by atoms with Crippen molar-refractivity contribution in [2.75, 3.05) is 36.6 Å². The summed E-state index contributed by atoms with van der Waals surface area (Å²) in [6.45, 7) is 29.8. The van der Waals surface area contributed by atoms with Crippen LogP contribution in [0.15, 0.2) is 0 Å². The summed E-state index contributed by atoms with van der Waals surface area (Å²) in [4.78, 5) is 32.6. The zero-order valence-electron chi connectivity index (χ0n) is 30.1. The predicted octanol–water partition coefficient (Wildman–Crippen LogP) is 7.34. The van der Waals surface area contributed by atoms with Crippen LogP contribution >= 0.6 is 0 Å². The van der Waals surface area contributed by atoms with Crippen molar-refractivity contribution >= 4 is 11.9 Å². The van der Waals surface area contributed by atoms with E-state index in [0.717, 1.165) is 95.2 Å². The Morgan fingerprint density at radius 3 is 1.40 bits per heavy atom. The molecule has 2 aliphatic heterocycles. The maximum atomic E-state index is 6.36. The summed E-state index contributed by atoms with van der Waals surface area (Å²) >= 11 is 0. The summed E-state index contributed by atoms with van der Waals surface area (Å²) in [6, 6.07) is 0.609. The van der Waals surface area contributed by atoms with Crippen LogP contribution in [-0.2, 0) is 9.68 Å². The van der Waals surface area contributed by atoms with Gasteiger partial charge in [0, 0.05) is 47.3 Å². The fourth-order valence-electron chi connectivity index (χ4n) is 8.15. The molecule has 9 heteroatoms. The Labute approximate surface area is 264 Å². The number of hydroxylamine groups is 4. The molecule has 0 bridgehead atoms. The normalized spacial score (nSPS) is 22.5. The van der Waals surface area contributed by atoms with E-state index >= 15 is 0 Å². The van der Waals surface area contributed by atoms with Crippen molar-refractivity contribution in [3.63, 3.8) is 0 Å². The van der Waals surface area contributed by atoms with E-state index in [1.807, 2.05) is 6.92 Å². The van der Waals surface area contributed by atoms with Crippen LogP contribution in [0.3, 0.4) is 0 Å². The number of aryl methyl sites for hydroxylation is 1. The number of piperidine rings is 2. The van der Waals surface area contributed by atoms with Gasteiger partial charge in [-0.15, -0.1) is 0 Å². The van der Waals surface area contributed by atoms with Crippen molar-refractivity contribution in [3.05, 3.63) is 5.82 Å². The van der Waals surface area contributed by atoms with Crippen molar-refractivity contribution in [3.8, 4) is 0 Å². The first-order valence-electron chi connectivity index (χ1n) is 17.1. The van der Waals surface area contributed by atoms with E-state index in [2.05, 4.69) is 96.1 Å². The first-order valence-corrected chi connectivity index (χ1v) is 17.1. The van der Waals surface area contributed by atoms with Crippen molar-refractivity contribution in [2.24, 2.45) is 0 Å². The first-order chi connectivity index (χ1) is 20.0. The van der Waals surface area contributed by atoms with E-state index < -0.39 is 0 Å². The molecule has 0 aliphatic carbocycles. The van der Waals surface area contributed by atoms with Gasteiger partial charge in [0.25, 0.3) is 0 Å². The Morgan fingerprint density at radius 2 is 1.05 bits per heavy atom. The summed E-state index contributed by atoms with van der Waals surface area (Å²) < 4.78 is 0. The van der Waals surface area contributed by atoms with Gasteiger partial charge in [-0.25, -0.2) is 0 Å². The quantitative estimate of drug-likeness (QED) is 0.217. The SMILES string of the molecule is CCCCN(c1nc(C)nc(N(CCCC)C2CC(C)(C)N(OCCC)C(C)(C)C2)n1)C1CC(C)(C)N(OC)C(C)(C)C1. The molecule has 2 aliphatic rings. The second kappa shape index (κ2) is 14.3. The summed E-state index contributed by atoms with van der Waals surface area (Å²) in [5.41, 5.74) is -0.462. The van der Waals surface area contributed by atoms with Gasteiger partial charge in [-0.05, 0) is 107 Å². The van der Waals surface area contributed by atoms with Gasteiger partial charge in [-0.2, -0.15) is 25.1 Å². The van der Waals surface area contributed by atoms with Crippen molar-refractivity contribution in [1.82, 2.24) is 25.1 Å². The topological polar surface area (TPSA) is 70.1 Å². The van der Waals surface area contributed by atoms with Crippen molar-refractivity contribution in [1.29, 1.82) is 0 Å². The molecular formula is C34H65N7O2. The van der Waals surface area contributed by atoms with Crippen LogP contribution in [-0.4, -0.2) is 86.1 Å². The zero-order chi connectivity index (χ0) is 32.2. The van der Waals surface area contributed by atoms with Crippen LogP contribution < -0.4 is 9.80 Å². The molecule has 1 aromatic rings. The van der Waals surface area contributed by atoms with E-state index in [-0.39, 0.29) is 22.2 Å². The van der Waals surface area contributed by atoms with Gasteiger partial charge in [-0.3, -0.25) is 4.84 Å². The van der Waals surface area contributed by atoms with E-state index in [4.69, 9.17) is 24.6 Å². The first kappa shape index (κ1) is 35.9. The van der Waals surface area contributed by atoms with Crippen LogP contribution in [0.2, 0.25) is 0 Å². The minimum atomic E-state index is -0.116. The number of unbranched alkanes of at least 4 members (excludes halogenated alkanes) is 2. The minimum Gasteiger partial charge on any atom is -0.338 e. The van der Waals surface area contributed by atoms with E-state index in [9.17, 15) is 0 Å². The molecule has 9 nitrogen and oxygen atoms in total. The Balaban J connectivity index is 2.03. The third-order valence-corrected chi connectivity index (χ3v) is 9.37. The average Bonchev–Trinajstić information content (AvgIpc) is 2.86. The van der Waals surface area contributed by atoms with Crippen LogP contribution in [0.1, 0.15) is 140 Å².